The maximum Gasteiger partial charge on any atom is 0.159 e. The Morgan fingerprint density at radius 1 is 0.286 bits per heavy atom. The number of anilines is 3. The summed E-state index contributed by atoms with van der Waals surface area (Å²) in [4.78, 5) is 2.27. The SMILES string of the molecule is c1ccc(N(c2ccc(-c3cccc4c3oc3c5ccccc5c(-c5ccc6c(c5)oc5ccccc56)cc43)cc2)c2cccc3c2oc2ccccc23)cc1. The largest absolute Gasteiger partial charge is 0.456 e. The average Bonchev–Trinajstić information content (AvgIpc) is 3.96. The van der Waals surface area contributed by atoms with Crippen molar-refractivity contribution >= 4 is 93.7 Å². The van der Waals surface area contributed by atoms with Crippen LogP contribution in [0.2, 0.25) is 0 Å². The number of hydrogen-bond donors (Lipinski definition) is 0. The Kier molecular flexibility index (Phi) is 6.60. The van der Waals surface area contributed by atoms with Gasteiger partial charge in [-0.1, -0.05) is 127 Å². The van der Waals surface area contributed by atoms with Crippen LogP contribution < -0.4 is 4.90 Å². The van der Waals surface area contributed by atoms with E-state index in [4.69, 9.17) is 13.3 Å². The number of rotatable bonds is 5. The topological polar surface area (TPSA) is 42.7 Å². The van der Waals surface area contributed by atoms with E-state index in [9.17, 15) is 0 Å². The molecule has 0 aliphatic rings. The van der Waals surface area contributed by atoms with Crippen LogP contribution in [0.5, 0.6) is 0 Å². The third-order valence-electron chi connectivity index (χ3n) is 11.3. The van der Waals surface area contributed by atoms with Gasteiger partial charge < -0.3 is 18.2 Å². The number of fused-ring (bicyclic) bond motifs is 11. The van der Waals surface area contributed by atoms with Gasteiger partial charge in [0.1, 0.15) is 27.9 Å². The lowest BCUT2D eigenvalue weighted by atomic mass is 9.94. The minimum Gasteiger partial charge on any atom is -0.456 e. The number of hydrogen-bond acceptors (Lipinski definition) is 4. The van der Waals surface area contributed by atoms with Crippen LogP contribution in [0.15, 0.2) is 201 Å². The zero-order valence-electron chi connectivity index (χ0n) is 30.1. The monoisotopic (exact) mass is 717 g/mol. The van der Waals surface area contributed by atoms with Crippen molar-refractivity contribution in [3.8, 4) is 22.3 Å². The molecule has 4 nitrogen and oxygen atoms in total. The van der Waals surface area contributed by atoms with Gasteiger partial charge in [0.05, 0.1) is 5.69 Å². The zero-order chi connectivity index (χ0) is 36.7. The maximum absolute atomic E-state index is 6.90. The number of furan rings is 3. The van der Waals surface area contributed by atoms with E-state index in [1.165, 1.54) is 0 Å². The van der Waals surface area contributed by atoms with Crippen molar-refractivity contribution in [2.75, 3.05) is 4.90 Å². The normalized spacial score (nSPS) is 11.9. The molecule has 3 aromatic heterocycles. The molecular formula is C52H31NO3. The number of nitrogens with zero attached hydrogens (tertiary/aromatic N) is 1. The Labute approximate surface area is 321 Å². The van der Waals surface area contributed by atoms with Crippen LogP contribution in [0, 0.1) is 0 Å². The third kappa shape index (κ3) is 4.60. The van der Waals surface area contributed by atoms with Crippen molar-refractivity contribution in [1.82, 2.24) is 0 Å². The molecule has 0 aliphatic heterocycles. The van der Waals surface area contributed by atoms with E-state index < -0.39 is 0 Å². The van der Waals surface area contributed by atoms with Crippen LogP contribution in [-0.2, 0) is 0 Å². The molecule has 0 N–H and O–H groups in total. The first-order valence-corrected chi connectivity index (χ1v) is 18.9. The van der Waals surface area contributed by atoms with Crippen LogP contribution in [0.4, 0.5) is 17.1 Å². The minimum atomic E-state index is 0.859. The van der Waals surface area contributed by atoms with E-state index in [1.54, 1.807) is 0 Å². The van der Waals surface area contributed by atoms with Gasteiger partial charge >= 0.3 is 0 Å². The molecule has 4 heteroatoms. The van der Waals surface area contributed by atoms with Gasteiger partial charge in [0, 0.05) is 54.6 Å². The van der Waals surface area contributed by atoms with Gasteiger partial charge in [0.25, 0.3) is 0 Å². The fraction of sp³-hybridized carbons (Fsp3) is 0. The van der Waals surface area contributed by atoms with Crippen molar-refractivity contribution in [2.24, 2.45) is 0 Å². The van der Waals surface area contributed by atoms with Crippen LogP contribution >= 0.6 is 0 Å². The number of benzene rings is 9. The minimum absolute atomic E-state index is 0.859. The molecule has 0 aliphatic carbocycles. The molecule has 0 saturated carbocycles. The van der Waals surface area contributed by atoms with Crippen molar-refractivity contribution in [3.63, 3.8) is 0 Å². The lowest BCUT2D eigenvalue weighted by Crippen LogP contribution is -2.10. The molecule has 0 unspecified atom stereocenters. The molecule has 3 heterocycles. The summed E-state index contributed by atoms with van der Waals surface area (Å²) in [5, 5.41) is 8.86. The Balaban J connectivity index is 0.998. The van der Waals surface area contributed by atoms with Gasteiger partial charge in [-0.2, -0.15) is 0 Å². The highest BCUT2D eigenvalue weighted by molar-refractivity contribution is 6.21. The highest BCUT2D eigenvalue weighted by Gasteiger charge is 2.21. The predicted octanol–water partition coefficient (Wildman–Crippen LogP) is 15.3. The summed E-state index contributed by atoms with van der Waals surface area (Å²) in [5.74, 6) is 0. The van der Waals surface area contributed by atoms with Gasteiger partial charge in [-0.25, -0.2) is 0 Å². The third-order valence-corrected chi connectivity index (χ3v) is 11.3. The van der Waals surface area contributed by atoms with Crippen molar-refractivity contribution < 1.29 is 13.3 Å². The molecule has 0 radical (unpaired) electrons. The van der Waals surface area contributed by atoms with Crippen LogP contribution in [-0.4, -0.2) is 0 Å². The first-order valence-electron chi connectivity index (χ1n) is 18.9. The summed E-state index contributed by atoms with van der Waals surface area (Å²) in [6.45, 7) is 0. The summed E-state index contributed by atoms with van der Waals surface area (Å²) in [6.07, 6.45) is 0. The smallest absolute Gasteiger partial charge is 0.159 e. The standard InChI is InChI=1S/C52H31NO3/c1-2-12-34(13-3-1)53(46-21-11-20-42-39-16-7-9-23-48(39)55-52(42)46)35-27-24-32(25-28-35)36-18-10-19-43-45-31-44(37-14-4-5-17-41(37)51(45)56-50(36)43)33-26-29-40-38-15-6-8-22-47(38)54-49(40)30-33/h1-31H. The molecule has 12 rings (SSSR count). The van der Waals surface area contributed by atoms with Gasteiger partial charge in [-0.05, 0) is 82.7 Å². The Hall–Kier alpha value is -7.56. The fourth-order valence-electron chi connectivity index (χ4n) is 8.68. The van der Waals surface area contributed by atoms with E-state index in [-0.39, 0.29) is 0 Å². The molecule has 262 valence electrons. The first-order chi connectivity index (χ1) is 27.8. The summed E-state index contributed by atoms with van der Waals surface area (Å²) in [7, 11) is 0. The molecule has 0 saturated heterocycles. The Morgan fingerprint density at radius 2 is 0.857 bits per heavy atom. The highest BCUT2D eigenvalue weighted by atomic mass is 16.3. The molecule has 0 amide bonds. The maximum atomic E-state index is 6.90. The first kappa shape index (κ1) is 30.9. The molecule has 0 spiro atoms. The van der Waals surface area contributed by atoms with E-state index >= 15 is 0 Å². The van der Waals surface area contributed by atoms with Gasteiger partial charge in [0.15, 0.2) is 5.58 Å². The second-order valence-electron chi connectivity index (χ2n) is 14.4. The van der Waals surface area contributed by atoms with Crippen LogP contribution in [0.3, 0.4) is 0 Å². The lowest BCUT2D eigenvalue weighted by molar-refractivity contribution is 0.668. The Bertz CT molecular complexity index is 3480. The Morgan fingerprint density at radius 3 is 1.66 bits per heavy atom. The average molecular weight is 718 g/mol. The number of para-hydroxylation sites is 5. The molecule has 0 atom stereocenters. The van der Waals surface area contributed by atoms with E-state index in [0.717, 1.165) is 116 Å². The molecular weight excluding hydrogens is 687 g/mol. The predicted molar refractivity (Wildman–Crippen MR) is 231 cm³/mol. The van der Waals surface area contributed by atoms with E-state index in [1.807, 2.05) is 30.3 Å². The van der Waals surface area contributed by atoms with Crippen molar-refractivity contribution in [1.29, 1.82) is 0 Å². The molecule has 9 aromatic carbocycles. The van der Waals surface area contributed by atoms with E-state index in [2.05, 4.69) is 163 Å². The zero-order valence-corrected chi connectivity index (χ0v) is 30.1. The second-order valence-corrected chi connectivity index (χ2v) is 14.4. The summed E-state index contributed by atoms with van der Waals surface area (Å²) >= 11 is 0. The van der Waals surface area contributed by atoms with Crippen molar-refractivity contribution in [2.45, 2.75) is 0 Å². The molecule has 0 fully saturated rings. The quantitative estimate of drug-likeness (QED) is 0.178. The van der Waals surface area contributed by atoms with Crippen LogP contribution in [0.25, 0.3) is 98.8 Å². The van der Waals surface area contributed by atoms with Gasteiger partial charge in [0.2, 0.25) is 0 Å². The summed E-state index contributed by atoms with van der Waals surface area (Å²) in [5.41, 5.74) is 12.7. The highest BCUT2D eigenvalue weighted by Crippen LogP contribution is 2.45. The summed E-state index contributed by atoms with van der Waals surface area (Å²) < 4.78 is 19.7. The second kappa shape index (κ2) is 12.0. The molecule has 12 aromatic rings. The summed E-state index contributed by atoms with van der Waals surface area (Å²) in [6, 6.07) is 65.9. The van der Waals surface area contributed by atoms with Crippen LogP contribution in [0.1, 0.15) is 0 Å². The fourth-order valence-corrected chi connectivity index (χ4v) is 8.68. The van der Waals surface area contributed by atoms with Gasteiger partial charge in [-0.15, -0.1) is 0 Å². The van der Waals surface area contributed by atoms with E-state index in [0.29, 0.717) is 0 Å². The molecule has 56 heavy (non-hydrogen) atoms. The molecule has 0 bridgehead atoms. The lowest BCUT2D eigenvalue weighted by Gasteiger charge is -2.25. The van der Waals surface area contributed by atoms with Gasteiger partial charge in [-0.3, -0.25) is 0 Å². The van der Waals surface area contributed by atoms with Crippen molar-refractivity contribution in [3.05, 3.63) is 188 Å².